The summed E-state index contributed by atoms with van der Waals surface area (Å²) in [6.45, 7) is 11.7. The van der Waals surface area contributed by atoms with Gasteiger partial charge in [-0.3, -0.25) is 14.4 Å². The first kappa shape index (κ1) is 22.8. The van der Waals surface area contributed by atoms with Gasteiger partial charge in [0.1, 0.15) is 0 Å². The molecule has 186 valence electrons. The molecule has 2 heterocycles. The molecular formula is C28H39NO5. The van der Waals surface area contributed by atoms with Gasteiger partial charge in [-0.05, 0) is 61.2 Å². The van der Waals surface area contributed by atoms with Crippen molar-refractivity contribution in [3.8, 4) is 0 Å². The van der Waals surface area contributed by atoms with Crippen molar-refractivity contribution < 1.29 is 23.9 Å². The number of allylic oxidation sites excluding steroid dienone is 2. The Morgan fingerprint density at radius 3 is 2.50 bits per heavy atom. The number of amides is 1. The molecule has 1 amide bonds. The SMILES string of the molecule is CC(C)C1=CC23CCC4C(C)(C(=O)N5CCOCC5)CCCC4(C)C2CC1C1C(=O)OC(=O)C13. The van der Waals surface area contributed by atoms with Crippen LogP contribution in [-0.2, 0) is 23.9 Å². The maximum Gasteiger partial charge on any atom is 0.318 e. The van der Waals surface area contributed by atoms with Gasteiger partial charge in [0.2, 0.25) is 5.91 Å². The van der Waals surface area contributed by atoms with Gasteiger partial charge in [-0.25, -0.2) is 0 Å². The van der Waals surface area contributed by atoms with Gasteiger partial charge in [-0.1, -0.05) is 45.8 Å². The predicted molar refractivity (Wildman–Crippen MR) is 125 cm³/mol. The van der Waals surface area contributed by atoms with Crippen molar-refractivity contribution in [2.24, 2.45) is 51.8 Å². The topological polar surface area (TPSA) is 72.9 Å². The van der Waals surface area contributed by atoms with E-state index in [-0.39, 0.29) is 45.9 Å². The zero-order valence-corrected chi connectivity index (χ0v) is 21.1. The molecule has 34 heavy (non-hydrogen) atoms. The summed E-state index contributed by atoms with van der Waals surface area (Å²) < 4.78 is 10.8. The number of morpholine rings is 1. The van der Waals surface area contributed by atoms with E-state index in [1.165, 1.54) is 5.57 Å². The molecule has 5 aliphatic carbocycles. The third kappa shape index (κ3) is 2.75. The Kier molecular flexibility index (Phi) is 4.96. The third-order valence-electron chi connectivity index (χ3n) is 11.2. The van der Waals surface area contributed by atoms with Crippen molar-refractivity contribution in [3.63, 3.8) is 0 Å². The Labute approximate surface area is 202 Å². The number of hydrogen-bond acceptors (Lipinski definition) is 5. The molecule has 0 aromatic heterocycles. The molecule has 6 heteroatoms. The fourth-order valence-electron chi connectivity index (χ4n) is 9.89. The molecular weight excluding hydrogens is 430 g/mol. The van der Waals surface area contributed by atoms with Crippen LogP contribution in [0, 0.1) is 51.8 Å². The minimum atomic E-state index is -0.376. The maximum atomic E-state index is 13.9. The highest BCUT2D eigenvalue weighted by atomic mass is 16.6. The number of nitrogens with zero attached hydrogens (tertiary/aromatic N) is 1. The van der Waals surface area contributed by atoms with Crippen LogP contribution < -0.4 is 0 Å². The number of rotatable bonds is 2. The van der Waals surface area contributed by atoms with Crippen molar-refractivity contribution in [3.05, 3.63) is 11.6 Å². The molecule has 0 aromatic rings. The van der Waals surface area contributed by atoms with Gasteiger partial charge in [0.25, 0.3) is 0 Å². The Hall–Kier alpha value is -1.69. The summed E-state index contributed by atoms with van der Waals surface area (Å²) in [5.74, 6) is 0.108. The van der Waals surface area contributed by atoms with Gasteiger partial charge >= 0.3 is 11.9 Å². The number of cyclic esters (lactones) is 2. The van der Waals surface area contributed by atoms with Crippen LogP contribution in [0.2, 0.25) is 0 Å². The smallest absolute Gasteiger partial charge is 0.318 e. The molecule has 8 unspecified atom stereocenters. The molecule has 1 spiro atoms. The van der Waals surface area contributed by atoms with E-state index in [0.717, 1.165) is 38.5 Å². The number of carbonyl (C=O) groups is 3. The lowest BCUT2D eigenvalue weighted by atomic mass is 9.34. The van der Waals surface area contributed by atoms with E-state index >= 15 is 0 Å². The first-order valence-electron chi connectivity index (χ1n) is 13.5. The summed E-state index contributed by atoms with van der Waals surface area (Å²) in [5, 5.41) is 0. The van der Waals surface area contributed by atoms with Crippen LogP contribution in [0.25, 0.3) is 0 Å². The number of esters is 2. The van der Waals surface area contributed by atoms with Crippen molar-refractivity contribution in [2.75, 3.05) is 26.3 Å². The van der Waals surface area contributed by atoms with Gasteiger partial charge in [-0.15, -0.1) is 0 Å². The molecule has 0 N–H and O–H groups in total. The largest absolute Gasteiger partial charge is 0.393 e. The highest BCUT2D eigenvalue weighted by Crippen LogP contribution is 2.74. The maximum absolute atomic E-state index is 13.9. The van der Waals surface area contributed by atoms with Gasteiger partial charge < -0.3 is 14.4 Å². The van der Waals surface area contributed by atoms with Crippen LogP contribution in [0.1, 0.15) is 66.2 Å². The highest BCUT2D eigenvalue weighted by Gasteiger charge is 2.73. The minimum absolute atomic E-state index is 0.0264. The average Bonchev–Trinajstić information content (AvgIpc) is 3.14. The normalized spacial score (nSPS) is 47.6. The van der Waals surface area contributed by atoms with Crippen molar-refractivity contribution in [1.29, 1.82) is 0 Å². The Morgan fingerprint density at radius 1 is 1.06 bits per heavy atom. The summed E-state index contributed by atoms with van der Waals surface area (Å²) in [6.07, 6.45) is 8.25. The molecule has 7 rings (SSSR count). The summed E-state index contributed by atoms with van der Waals surface area (Å²) in [6, 6.07) is 0. The van der Waals surface area contributed by atoms with Gasteiger partial charge in [-0.2, -0.15) is 0 Å². The number of hydrogen-bond donors (Lipinski definition) is 0. The highest BCUT2D eigenvalue weighted by molar-refractivity contribution is 5.98. The fraction of sp³-hybridized carbons (Fsp3) is 0.821. The number of carbonyl (C=O) groups excluding carboxylic acids is 3. The lowest BCUT2D eigenvalue weighted by molar-refractivity contribution is -0.193. The van der Waals surface area contributed by atoms with Crippen LogP contribution in [0.15, 0.2) is 11.6 Å². The molecule has 2 bridgehead atoms. The molecule has 0 radical (unpaired) electrons. The molecule has 3 saturated carbocycles. The Balaban J connectivity index is 1.41. The minimum Gasteiger partial charge on any atom is -0.393 e. The summed E-state index contributed by atoms with van der Waals surface area (Å²) in [4.78, 5) is 41.9. The van der Waals surface area contributed by atoms with Crippen LogP contribution >= 0.6 is 0 Å². The zero-order valence-electron chi connectivity index (χ0n) is 21.1. The molecule has 2 aliphatic heterocycles. The van der Waals surface area contributed by atoms with Crippen LogP contribution in [0.3, 0.4) is 0 Å². The number of fused-ring (bicyclic) bond motifs is 1. The monoisotopic (exact) mass is 469 g/mol. The molecule has 2 saturated heterocycles. The molecule has 0 aromatic carbocycles. The van der Waals surface area contributed by atoms with E-state index < -0.39 is 0 Å². The van der Waals surface area contributed by atoms with Crippen LogP contribution in [0.4, 0.5) is 0 Å². The summed E-state index contributed by atoms with van der Waals surface area (Å²) in [7, 11) is 0. The first-order chi connectivity index (χ1) is 16.1. The quantitative estimate of drug-likeness (QED) is 0.347. The molecule has 5 fully saturated rings. The zero-order chi connectivity index (χ0) is 24.0. The second-order valence-corrected chi connectivity index (χ2v) is 12.8. The van der Waals surface area contributed by atoms with Crippen molar-refractivity contribution in [1.82, 2.24) is 4.90 Å². The second kappa shape index (κ2) is 7.41. The van der Waals surface area contributed by atoms with E-state index in [0.29, 0.717) is 50.0 Å². The van der Waals surface area contributed by atoms with Crippen molar-refractivity contribution in [2.45, 2.75) is 66.2 Å². The van der Waals surface area contributed by atoms with E-state index in [2.05, 4.69) is 33.8 Å². The predicted octanol–water partition coefficient (Wildman–Crippen LogP) is 3.99. The Morgan fingerprint density at radius 2 is 1.79 bits per heavy atom. The molecule has 8 atom stereocenters. The van der Waals surface area contributed by atoms with Crippen molar-refractivity contribution >= 4 is 17.8 Å². The van der Waals surface area contributed by atoms with E-state index in [1.807, 2.05) is 4.90 Å². The van der Waals surface area contributed by atoms with Gasteiger partial charge in [0, 0.05) is 23.9 Å². The van der Waals surface area contributed by atoms with E-state index in [1.54, 1.807) is 0 Å². The summed E-state index contributed by atoms with van der Waals surface area (Å²) in [5.41, 5.74) is 0.641. The molecule has 6 nitrogen and oxygen atoms in total. The van der Waals surface area contributed by atoms with E-state index in [9.17, 15) is 14.4 Å². The first-order valence-corrected chi connectivity index (χ1v) is 13.5. The second-order valence-electron chi connectivity index (χ2n) is 12.8. The van der Waals surface area contributed by atoms with E-state index in [4.69, 9.17) is 9.47 Å². The van der Waals surface area contributed by atoms with Gasteiger partial charge in [0.15, 0.2) is 0 Å². The summed E-state index contributed by atoms with van der Waals surface area (Å²) >= 11 is 0. The molecule has 7 aliphatic rings. The lowest BCUT2D eigenvalue weighted by Gasteiger charge is -2.68. The van der Waals surface area contributed by atoms with Crippen LogP contribution in [-0.4, -0.2) is 49.0 Å². The number of ether oxygens (including phenoxy) is 2. The van der Waals surface area contributed by atoms with Gasteiger partial charge in [0.05, 0.1) is 25.0 Å². The Bertz CT molecular complexity index is 966. The lowest BCUT2D eigenvalue weighted by Crippen LogP contribution is -2.66. The standard InChI is InChI=1S/C28H39NO5/c1-16(2)18-15-28-9-6-19-26(3,20(28)14-17(18)21-22(28)24(31)34-23(21)30)7-5-8-27(19,4)25(32)29-10-12-33-13-11-29/h15-17,19-22H,5-14H2,1-4H3. The third-order valence-corrected chi connectivity index (χ3v) is 11.2. The average molecular weight is 470 g/mol. The van der Waals surface area contributed by atoms with Crippen LogP contribution in [0.5, 0.6) is 0 Å². The fourth-order valence-corrected chi connectivity index (χ4v) is 9.89.